The summed E-state index contributed by atoms with van der Waals surface area (Å²) < 4.78 is 0. The van der Waals surface area contributed by atoms with Crippen molar-refractivity contribution in [2.24, 2.45) is 4.99 Å². The van der Waals surface area contributed by atoms with Gasteiger partial charge >= 0.3 is 0 Å². The highest BCUT2D eigenvalue weighted by Gasteiger charge is 2.32. The minimum atomic E-state index is -0.655. The lowest BCUT2D eigenvalue weighted by Crippen LogP contribution is -1.98. The third-order valence-corrected chi connectivity index (χ3v) is 2.38. The van der Waals surface area contributed by atoms with Crippen molar-refractivity contribution in [3.63, 3.8) is 0 Å². The van der Waals surface area contributed by atoms with Gasteiger partial charge in [-0.3, -0.25) is 25.2 Å². The number of hydrogen-bond acceptors (Lipinski definition) is 5. The third kappa shape index (κ3) is 1.62. The van der Waals surface area contributed by atoms with Crippen LogP contribution >= 0.6 is 0 Å². The molecule has 0 radical (unpaired) electrons. The van der Waals surface area contributed by atoms with Crippen LogP contribution in [0.25, 0.3) is 0 Å². The fourth-order valence-electron chi connectivity index (χ4n) is 1.50. The molecule has 1 aliphatic heterocycles. The molecule has 1 heterocycles. The zero-order valence-electron chi connectivity index (χ0n) is 8.28. The number of hydrogen-bond donors (Lipinski definition) is 0. The van der Waals surface area contributed by atoms with Crippen LogP contribution in [0.1, 0.15) is 18.5 Å². The Morgan fingerprint density at radius 1 is 1.25 bits per heavy atom. The molecule has 0 unspecified atom stereocenters. The van der Waals surface area contributed by atoms with Gasteiger partial charge in [0.15, 0.2) is 0 Å². The average molecular weight is 221 g/mol. The Balaban J connectivity index is 2.46. The van der Waals surface area contributed by atoms with Crippen molar-refractivity contribution >= 4 is 17.1 Å². The first kappa shape index (κ1) is 10.2. The van der Waals surface area contributed by atoms with E-state index in [1.165, 1.54) is 12.1 Å². The van der Waals surface area contributed by atoms with E-state index in [1.807, 2.05) is 0 Å². The molecule has 0 amide bonds. The highest BCUT2D eigenvalue weighted by atomic mass is 16.6. The molecule has 1 aromatic rings. The second-order valence-corrected chi connectivity index (χ2v) is 3.43. The van der Waals surface area contributed by atoms with Crippen molar-refractivity contribution in [3.05, 3.63) is 44.0 Å². The Morgan fingerprint density at radius 3 is 2.31 bits per heavy atom. The molecule has 7 nitrogen and oxygen atoms in total. The zero-order valence-corrected chi connectivity index (χ0v) is 8.28. The fraction of sp³-hybridized carbons (Fsp3) is 0.222. The molecule has 1 atom stereocenters. The van der Waals surface area contributed by atoms with Gasteiger partial charge < -0.3 is 0 Å². The molecule has 7 heteroatoms. The predicted octanol–water partition coefficient (Wildman–Crippen LogP) is 2.02. The van der Waals surface area contributed by atoms with Crippen LogP contribution in [-0.2, 0) is 0 Å². The smallest absolute Gasteiger partial charge is 0.277 e. The summed E-state index contributed by atoms with van der Waals surface area (Å²) in [5.41, 5.74) is 0.679. The largest absolute Gasteiger partial charge is 0.282 e. The van der Waals surface area contributed by atoms with Crippen molar-refractivity contribution < 1.29 is 9.85 Å². The SMILES string of the molecule is CC1=N[C@H]1c1ccc([N+](=O)[O-])cc1[N+](=O)[O-]. The second-order valence-electron chi connectivity index (χ2n) is 3.43. The Labute approximate surface area is 89.7 Å². The summed E-state index contributed by atoms with van der Waals surface area (Å²) in [5, 5.41) is 21.3. The second kappa shape index (κ2) is 3.37. The molecule has 0 saturated carbocycles. The van der Waals surface area contributed by atoms with Gasteiger partial charge in [-0.1, -0.05) is 0 Å². The monoisotopic (exact) mass is 221 g/mol. The average Bonchev–Trinajstić information content (AvgIpc) is 2.94. The van der Waals surface area contributed by atoms with Gasteiger partial charge in [-0.2, -0.15) is 0 Å². The molecular formula is C9H7N3O4. The molecule has 1 aromatic carbocycles. The summed E-state index contributed by atoms with van der Waals surface area (Å²) in [6.45, 7) is 1.76. The molecule has 0 aromatic heterocycles. The fourth-order valence-corrected chi connectivity index (χ4v) is 1.50. The van der Waals surface area contributed by atoms with Gasteiger partial charge in [0.25, 0.3) is 11.4 Å². The lowest BCUT2D eigenvalue weighted by Gasteiger charge is -1.99. The van der Waals surface area contributed by atoms with Gasteiger partial charge in [-0.25, -0.2) is 0 Å². The maximum Gasteiger partial charge on any atom is 0.282 e. The van der Waals surface area contributed by atoms with E-state index >= 15 is 0 Å². The summed E-state index contributed by atoms with van der Waals surface area (Å²) in [6.07, 6.45) is 0. The van der Waals surface area contributed by atoms with Crippen molar-refractivity contribution in [3.8, 4) is 0 Å². The van der Waals surface area contributed by atoms with Crippen LogP contribution in [0.4, 0.5) is 11.4 Å². The summed E-state index contributed by atoms with van der Waals surface area (Å²) in [6, 6.07) is 3.34. The predicted molar refractivity (Wildman–Crippen MR) is 55.6 cm³/mol. The van der Waals surface area contributed by atoms with Crippen molar-refractivity contribution in [1.82, 2.24) is 0 Å². The molecule has 0 N–H and O–H groups in total. The number of nitro groups is 2. The van der Waals surface area contributed by atoms with Gasteiger partial charge in [0, 0.05) is 11.8 Å². The first-order valence-corrected chi connectivity index (χ1v) is 4.47. The van der Waals surface area contributed by atoms with E-state index in [4.69, 9.17) is 0 Å². The molecule has 16 heavy (non-hydrogen) atoms. The van der Waals surface area contributed by atoms with Crippen LogP contribution < -0.4 is 0 Å². The van der Waals surface area contributed by atoms with Crippen LogP contribution in [0.2, 0.25) is 0 Å². The normalized spacial score (nSPS) is 17.8. The minimum Gasteiger partial charge on any atom is -0.277 e. The molecule has 0 spiro atoms. The Kier molecular flexibility index (Phi) is 2.15. The summed E-state index contributed by atoms with van der Waals surface area (Å²) >= 11 is 0. The van der Waals surface area contributed by atoms with Crippen LogP contribution in [0.3, 0.4) is 0 Å². The lowest BCUT2D eigenvalue weighted by molar-refractivity contribution is -0.394. The Morgan fingerprint density at radius 2 is 1.88 bits per heavy atom. The highest BCUT2D eigenvalue weighted by Crippen LogP contribution is 2.38. The molecule has 82 valence electrons. The molecule has 0 saturated heterocycles. The third-order valence-electron chi connectivity index (χ3n) is 2.38. The van der Waals surface area contributed by atoms with Gasteiger partial charge in [0.2, 0.25) is 0 Å². The number of nitro benzene ring substituents is 2. The Hall–Kier alpha value is -2.31. The molecule has 0 aliphatic carbocycles. The standard InChI is InChI=1S/C9H7N3O4/c1-5-9(10-5)7-3-2-6(11(13)14)4-8(7)12(15)16/h2-4,9H,1H3/t9-/m1/s1. The summed E-state index contributed by atoms with van der Waals surface area (Å²) in [7, 11) is 0. The first-order chi connectivity index (χ1) is 7.50. The zero-order chi connectivity index (χ0) is 11.9. The maximum atomic E-state index is 10.8. The number of aliphatic imine (C=N–C) groups is 1. The van der Waals surface area contributed by atoms with E-state index in [-0.39, 0.29) is 17.4 Å². The van der Waals surface area contributed by atoms with Crippen LogP contribution in [0.15, 0.2) is 23.2 Å². The van der Waals surface area contributed by atoms with Crippen LogP contribution in [0, 0.1) is 20.2 Å². The van der Waals surface area contributed by atoms with E-state index in [1.54, 1.807) is 6.92 Å². The number of benzene rings is 1. The van der Waals surface area contributed by atoms with Crippen molar-refractivity contribution in [2.75, 3.05) is 0 Å². The van der Waals surface area contributed by atoms with E-state index in [0.29, 0.717) is 5.56 Å². The number of non-ortho nitro benzene ring substituents is 1. The van der Waals surface area contributed by atoms with E-state index < -0.39 is 9.85 Å². The van der Waals surface area contributed by atoms with Gasteiger partial charge in [-0.15, -0.1) is 0 Å². The topological polar surface area (TPSA) is 98.6 Å². The first-order valence-electron chi connectivity index (χ1n) is 4.47. The number of nitrogens with zero attached hydrogens (tertiary/aromatic N) is 3. The molecule has 2 rings (SSSR count). The molecular weight excluding hydrogens is 214 g/mol. The van der Waals surface area contributed by atoms with Crippen LogP contribution in [0.5, 0.6) is 0 Å². The minimum absolute atomic E-state index is 0.250. The van der Waals surface area contributed by atoms with Crippen molar-refractivity contribution in [1.29, 1.82) is 0 Å². The van der Waals surface area contributed by atoms with E-state index in [9.17, 15) is 20.2 Å². The van der Waals surface area contributed by atoms with Gasteiger partial charge in [0.1, 0.15) is 6.04 Å². The quantitative estimate of drug-likeness (QED) is 0.575. The summed E-state index contributed by atoms with van der Waals surface area (Å²) in [5.74, 6) is 0. The van der Waals surface area contributed by atoms with Crippen molar-refractivity contribution in [2.45, 2.75) is 13.0 Å². The lowest BCUT2D eigenvalue weighted by atomic mass is 10.1. The van der Waals surface area contributed by atoms with E-state index in [2.05, 4.69) is 4.99 Å². The van der Waals surface area contributed by atoms with Gasteiger partial charge in [-0.05, 0) is 13.0 Å². The summed E-state index contributed by atoms with van der Waals surface area (Å²) in [4.78, 5) is 24.0. The van der Waals surface area contributed by atoms with Crippen LogP contribution in [-0.4, -0.2) is 15.6 Å². The molecule has 0 bridgehead atoms. The van der Waals surface area contributed by atoms with E-state index in [0.717, 1.165) is 11.8 Å². The maximum absolute atomic E-state index is 10.8. The number of rotatable bonds is 3. The van der Waals surface area contributed by atoms with Gasteiger partial charge in [0.05, 0.1) is 21.5 Å². The Bertz CT molecular complexity index is 523. The highest BCUT2D eigenvalue weighted by molar-refractivity contribution is 6.00. The molecule has 0 fully saturated rings. The molecule has 1 aliphatic rings.